The lowest BCUT2D eigenvalue weighted by Crippen LogP contribution is -2.43. The van der Waals surface area contributed by atoms with Gasteiger partial charge in [-0.25, -0.2) is 0 Å². The smallest absolute Gasteiger partial charge is 0.311 e. The SMILES string of the molecule is CC1=C2[C@H]3OC(=O)[C@@H](CN4CCC[C@H](C)C4)[C@@H]3CC[C@@]2(C)C=CC1=O. The van der Waals surface area contributed by atoms with Crippen molar-refractivity contribution < 1.29 is 14.3 Å². The summed E-state index contributed by atoms with van der Waals surface area (Å²) in [5, 5.41) is 0. The molecule has 2 heterocycles. The van der Waals surface area contributed by atoms with Gasteiger partial charge in [-0.05, 0) is 56.7 Å². The molecule has 3 fully saturated rings. The summed E-state index contributed by atoms with van der Waals surface area (Å²) in [6, 6.07) is 0. The standard InChI is InChI=1S/C21H29NO3/c1-13-5-4-10-22(11-13)12-16-15-6-8-21(3)9-7-17(23)14(2)18(21)19(15)25-20(16)24/h7,9,13,15-16,19H,4-6,8,10-12H2,1-3H3/t13-,15-,16-,19-,21-/m0/s1. The van der Waals surface area contributed by atoms with Gasteiger partial charge in [-0.15, -0.1) is 0 Å². The average Bonchev–Trinajstić information content (AvgIpc) is 2.87. The van der Waals surface area contributed by atoms with Crippen LogP contribution in [0.1, 0.15) is 46.5 Å². The topological polar surface area (TPSA) is 46.6 Å². The third-order valence-electron chi connectivity index (χ3n) is 6.92. The average molecular weight is 343 g/mol. The van der Waals surface area contributed by atoms with E-state index < -0.39 is 0 Å². The Kier molecular flexibility index (Phi) is 4.14. The van der Waals surface area contributed by atoms with Crippen LogP contribution in [0.5, 0.6) is 0 Å². The number of rotatable bonds is 2. The first-order valence-corrected chi connectivity index (χ1v) is 9.77. The molecule has 5 atom stereocenters. The highest BCUT2D eigenvalue weighted by Crippen LogP contribution is 2.53. The molecule has 0 N–H and O–H groups in total. The van der Waals surface area contributed by atoms with Gasteiger partial charge in [0.15, 0.2) is 5.78 Å². The van der Waals surface area contributed by atoms with E-state index in [4.69, 9.17) is 4.74 Å². The normalized spacial score (nSPS) is 41.6. The molecule has 2 saturated heterocycles. The van der Waals surface area contributed by atoms with Gasteiger partial charge in [-0.3, -0.25) is 9.59 Å². The summed E-state index contributed by atoms with van der Waals surface area (Å²) >= 11 is 0. The summed E-state index contributed by atoms with van der Waals surface area (Å²) in [5.74, 6) is 0.906. The highest BCUT2D eigenvalue weighted by atomic mass is 16.6. The number of piperidine rings is 1. The van der Waals surface area contributed by atoms with Gasteiger partial charge in [-0.2, -0.15) is 0 Å². The van der Waals surface area contributed by atoms with Gasteiger partial charge < -0.3 is 9.64 Å². The summed E-state index contributed by atoms with van der Waals surface area (Å²) in [5.41, 5.74) is 1.73. The maximum Gasteiger partial charge on any atom is 0.311 e. The Hall–Kier alpha value is -1.42. The monoisotopic (exact) mass is 343 g/mol. The zero-order valence-corrected chi connectivity index (χ0v) is 15.6. The zero-order chi connectivity index (χ0) is 17.8. The quantitative estimate of drug-likeness (QED) is 0.723. The van der Waals surface area contributed by atoms with Gasteiger partial charge in [0.2, 0.25) is 0 Å². The minimum atomic E-state index is -0.202. The van der Waals surface area contributed by atoms with Crippen molar-refractivity contribution in [1.82, 2.24) is 4.90 Å². The first kappa shape index (κ1) is 17.0. The number of nitrogens with zero attached hydrogens (tertiary/aromatic N) is 1. The van der Waals surface area contributed by atoms with E-state index in [1.807, 2.05) is 13.0 Å². The number of hydrogen-bond acceptors (Lipinski definition) is 4. The molecule has 136 valence electrons. The molecule has 2 aliphatic carbocycles. The van der Waals surface area contributed by atoms with Crippen molar-refractivity contribution in [3.8, 4) is 0 Å². The van der Waals surface area contributed by atoms with Crippen molar-refractivity contribution >= 4 is 11.8 Å². The van der Waals surface area contributed by atoms with Gasteiger partial charge in [-0.1, -0.05) is 19.9 Å². The molecule has 25 heavy (non-hydrogen) atoms. The molecule has 1 saturated carbocycles. The fourth-order valence-corrected chi connectivity index (χ4v) is 5.51. The van der Waals surface area contributed by atoms with E-state index in [0.29, 0.717) is 5.92 Å². The Morgan fingerprint density at radius 1 is 1.32 bits per heavy atom. The number of allylic oxidation sites excluding steroid dienone is 3. The second-order valence-electron chi connectivity index (χ2n) is 8.83. The number of carbonyl (C=O) groups excluding carboxylic acids is 2. The molecule has 0 bridgehead atoms. The van der Waals surface area contributed by atoms with Crippen LogP contribution in [0.25, 0.3) is 0 Å². The maximum atomic E-state index is 12.7. The molecule has 4 heteroatoms. The van der Waals surface area contributed by atoms with Crippen LogP contribution in [0, 0.1) is 23.2 Å². The Labute approximate surface area is 150 Å². The van der Waals surface area contributed by atoms with E-state index in [1.54, 1.807) is 6.08 Å². The summed E-state index contributed by atoms with van der Waals surface area (Å²) in [7, 11) is 0. The van der Waals surface area contributed by atoms with Gasteiger partial charge in [0.25, 0.3) is 0 Å². The molecule has 0 aromatic heterocycles. The van der Waals surface area contributed by atoms with Crippen molar-refractivity contribution in [1.29, 1.82) is 0 Å². The molecule has 0 aromatic rings. The Bertz CT molecular complexity index is 664. The first-order valence-electron chi connectivity index (χ1n) is 9.77. The maximum absolute atomic E-state index is 12.7. The van der Waals surface area contributed by atoms with Crippen LogP contribution in [0.3, 0.4) is 0 Å². The predicted molar refractivity (Wildman–Crippen MR) is 95.9 cm³/mol. The Balaban J connectivity index is 1.58. The van der Waals surface area contributed by atoms with Crippen molar-refractivity contribution in [2.45, 2.75) is 52.6 Å². The zero-order valence-electron chi connectivity index (χ0n) is 15.6. The molecular formula is C21H29NO3. The molecule has 4 aliphatic rings. The Morgan fingerprint density at radius 2 is 2.12 bits per heavy atom. The lowest BCUT2D eigenvalue weighted by Gasteiger charge is -2.43. The molecule has 4 rings (SSSR count). The van der Waals surface area contributed by atoms with Crippen LogP contribution in [0.2, 0.25) is 0 Å². The van der Waals surface area contributed by atoms with E-state index in [-0.39, 0.29) is 35.1 Å². The lowest BCUT2D eigenvalue weighted by molar-refractivity contribution is -0.144. The fourth-order valence-electron chi connectivity index (χ4n) is 5.51. The number of ether oxygens (including phenoxy) is 1. The van der Waals surface area contributed by atoms with Crippen molar-refractivity contribution in [2.24, 2.45) is 23.2 Å². The predicted octanol–water partition coefficient (Wildman–Crippen LogP) is 3.13. The molecule has 0 aromatic carbocycles. The first-order chi connectivity index (χ1) is 11.9. The minimum absolute atomic E-state index is 0.0406. The van der Waals surface area contributed by atoms with Crippen molar-refractivity contribution in [3.05, 3.63) is 23.3 Å². The second kappa shape index (κ2) is 6.08. The molecular weight excluding hydrogens is 314 g/mol. The van der Waals surface area contributed by atoms with Gasteiger partial charge >= 0.3 is 5.97 Å². The van der Waals surface area contributed by atoms with Crippen molar-refractivity contribution in [2.75, 3.05) is 19.6 Å². The summed E-state index contributed by atoms with van der Waals surface area (Å²) < 4.78 is 5.89. The number of ketones is 1. The molecule has 0 spiro atoms. The molecule has 0 radical (unpaired) electrons. The number of esters is 1. The van der Waals surface area contributed by atoms with Crippen LogP contribution < -0.4 is 0 Å². The van der Waals surface area contributed by atoms with Gasteiger partial charge in [0.05, 0.1) is 5.92 Å². The van der Waals surface area contributed by atoms with E-state index >= 15 is 0 Å². The summed E-state index contributed by atoms with van der Waals surface area (Å²) in [6.45, 7) is 9.36. The largest absolute Gasteiger partial charge is 0.457 e. The van der Waals surface area contributed by atoms with Crippen molar-refractivity contribution in [3.63, 3.8) is 0 Å². The van der Waals surface area contributed by atoms with Crippen LogP contribution in [0.4, 0.5) is 0 Å². The number of likely N-dealkylation sites (tertiary alicyclic amines) is 1. The van der Waals surface area contributed by atoms with E-state index in [2.05, 4.69) is 18.7 Å². The summed E-state index contributed by atoms with van der Waals surface area (Å²) in [4.78, 5) is 27.3. The van der Waals surface area contributed by atoms with Crippen LogP contribution >= 0.6 is 0 Å². The second-order valence-corrected chi connectivity index (χ2v) is 8.83. The fraction of sp³-hybridized carbons (Fsp3) is 0.714. The third kappa shape index (κ3) is 2.79. The number of fused-ring (bicyclic) bond motifs is 3. The van der Waals surface area contributed by atoms with Gasteiger partial charge in [0.1, 0.15) is 6.10 Å². The minimum Gasteiger partial charge on any atom is -0.457 e. The number of hydrogen-bond donors (Lipinski definition) is 0. The van der Waals surface area contributed by atoms with Crippen LogP contribution in [0.15, 0.2) is 23.3 Å². The van der Waals surface area contributed by atoms with Gasteiger partial charge in [0, 0.05) is 30.0 Å². The van der Waals surface area contributed by atoms with E-state index in [0.717, 1.165) is 43.6 Å². The number of carbonyl (C=O) groups is 2. The highest BCUT2D eigenvalue weighted by Gasteiger charge is 2.54. The molecule has 4 nitrogen and oxygen atoms in total. The van der Waals surface area contributed by atoms with E-state index in [9.17, 15) is 9.59 Å². The lowest BCUT2D eigenvalue weighted by atomic mass is 9.61. The molecule has 0 amide bonds. The Morgan fingerprint density at radius 3 is 2.88 bits per heavy atom. The highest BCUT2D eigenvalue weighted by molar-refractivity contribution is 6.05. The molecule has 0 unspecified atom stereocenters. The van der Waals surface area contributed by atoms with Crippen LogP contribution in [-0.4, -0.2) is 42.4 Å². The van der Waals surface area contributed by atoms with Crippen LogP contribution in [-0.2, 0) is 14.3 Å². The third-order valence-corrected chi connectivity index (χ3v) is 6.92. The van der Waals surface area contributed by atoms with E-state index in [1.165, 1.54) is 12.8 Å². The molecule has 2 aliphatic heterocycles. The summed E-state index contributed by atoms with van der Waals surface area (Å²) in [6.07, 6.45) is 8.02.